The normalized spacial score (nSPS) is 45.4. The van der Waals surface area contributed by atoms with Gasteiger partial charge in [-0.2, -0.15) is 0 Å². The van der Waals surface area contributed by atoms with Crippen LogP contribution in [0.25, 0.3) is 0 Å². The molecule has 0 spiro atoms. The molecule has 6 saturated carbocycles. The van der Waals surface area contributed by atoms with Crippen molar-refractivity contribution in [1.82, 2.24) is 0 Å². The number of aliphatic hydroxyl groups excluding tert-OH is 2. The predicted octanol–water partition coefficient (Wildman–Crippen LogP) is 7.97. The highest BCUT2D eigenvalue weighted by Crippen LogP contribution is 2.57. The number of carbonyl (C=O) groups is 2. The topological polar surface area (TPSA) is 93.1 Å². The van der Waals surface area contributed by atoms with Crippen LogP contribution in [-0.4, -0.2) is 45.6 Å². The van der Waals surface area contributed by atoms with Crippen LogP contribution >= 0.6 is 0 Å². The fourth-order valence-corrected chi connectivity index (χ4v) is 11.0. The molecule has 0 amide bonds. The summed E-state index contributed by atoms with van der Waals surface area (Å²) in [6.45, 7) is 17.7. The molecule has 258 valence electrons. The average Bonchev–Trinajstić information content (AvgIpc) is 3.76. The van der Waals surface area contributed by atoms with Crippen molar-refractivity contribution >= 4 is 11.9 Å². The molecule has 0 saturated heterocycles. The Bertz CT molecular complexity index is 1020. The molecule has 0 aliphatic heterocycles. The van der Waals surface area contributed by atoms with Gasteiger partial charge in [0.15, 0.2) is 0 Å². The minimum absolute atomic E-state index is 0.0439. The van der Waals surface area contributed by atoms with Gasteiger partial charge in [0.2, 0.25) is 0 Å². The molecule has 11 unspecified atom stereocenters. The van der Waals surface area contributed by atoms with Gasteiger partial charge in [-0.05, 0) is 163 Å². The molecule has 6 fully saturated rings. The zero-order valence-corrected chi connectivity index (χ0v) is 29.8. The highest BCUT2D eigenvalue weighted by molar-refractivity contribution is 5.74. The van der Waals surface area contributed by atoms with Gasteiger partial charge in [0.05, 0.1) is 24.0 Å². The van der Waals surface area contributed by atoms with E-state index in [1.54, 1.807) is 0 Å². The number of hydrogen-bond acceptors (Lipinski definition) is 6. The maximum Gasteiger partial charge on any atom is 0.309 e. The highest BCUT2D eigenvalue weighted by Gasteiger charge is 2.54. The summed E-state index contributed by atoms with van der Waals surface area (Å²) in [6, 6.07) is 0. The number of ether oxygens (including phenoxy) is 2. The third kappa shape index (κ3) is 7.18. The molecule has 6 aliphatic rings. The lowest BCUT2D eigenvalue weighted by atomic mass is 9.74. The second-order valence-electron chi connectivity index (χ2n) is 17.6. The van der Waals surface area contributed by atoms with E-state index in [9.17, 15) is 19.8 Å². The summed E-state index contributed by atoms with van der Waals surface area (Å²) >= 11 is 0. The van der Waals surface area contributed by atoms with Crippen molar-refractivity contribution in [2.45, 2.75) is 162 Å². The van der Waals surface area contributed by atoms with Crippen molar-refractivity contribution in [2.24, 2.45) is 71.0 Å². The second-order valence-corrected chi connectivity index (χ2v) is 17.6. The van der Waals surface area contributed by atoms with E-state index in [1.807, 2.05) is 0 Å². The number of hydrogen-bond donors (Lipinski definition) is 2. The SMILES string of the molecule is CC1C2CC(C(=O)OC(C)(C)C3CCC(O)CC3)C(C2)C1C.CCC(C)(OC(=O)C1CC2CC1C(C)C2C)C1CCC(O)CC1. The lowest BCUT2D eigenvalue weighted by molar-refractivity contribution is -0.175. The van der Waals surface area contributed by atoms with Gasteiger partial charge in [-0.25, -0.2) is 0 Å². The summed E-state index contributed by atoms with van der Waals surface area (Å²) in [4.78, 5) is 25.6. The van der Waals surface area contributed by atoms with Gasteiger partial charge in [-0.3, -0.25) is 9.59 Å². The monoisotopic (exact) mass is 630 g/mol. The van der Waals surface area contributed by atoms with E-state index in [-0.39, 0.29) is 41.6 Å². The van der Waals surface area contributed by atoms with Crippen LogP contribution in [0.1, 0.15) is 139 Å². The highest BCUT2D eigenvalue weighted by atomic mass is 16.6. The van der Waals surface area contributed by atoms with E-state index in [2.05, 4.69) is 55.4 Å². The van der Waals surface area contributed by atoms with Gasteiger partial charge >= 0.3 is 11.9 Å². The van der Waals surface area contributed by atoms with E-state index < -0.39 is 5.60 Å². The van der Waals surface area contributed by atoms with Crippen molar-refractivity contribution in [2.75, 3.05) is 0 Å². The molecule has 2 N–H and O–H groups in total. The fraction of sp³-hybridized carbons (Fsp3) is 0.949. The zero-order chi connectivity index (χ0) is 32.8. The molecule has 6 rings (SSSR count). The maximum atomic E-state index is 12.9. The van der Waals surface area contributed by atoms with Crippen LogP contribution in [0, 0.1) is 71.0 Å². The standard InChI is InChI=1S/C20H34O3.C19H32O3/c1-5-20(4,15-6-8-16(21)9-7-15)23-19(22)18-11-14-10-17(18)13(3)12(14)2;1-11-12(2)16-9-13(11)10-17(16)18(21)22-19(3,4)14-5-7-15(20)8-6-14/h12-18,21H,5-11H2,1-4H3;11-17,20H,5-10H2,1-4H3. The Morgan fingerprint density at radius 1 is 0.600 bits per heavy atom. The number of aliphatic hydroxyl groups is 2. The van der Waals surface area contributed by atoms with Gasteiger partial charge in [-0.15, -0.1) is 0 Å². The maximum absolute atomic E-state index is 12.9. The van der Waals surface area contributed by atoms with Crippen molar-refractivity contribution in [3.05, 3.63) is 0 Å². The minimum Gasteiger partial charge on any atom is -0.459 e. The Labute approximate surface area is 274 Å². The molecule has 0 aromatic carbocycles. The van der Waals surface area contributed by atoms with Gasteiger partial charge in [-0.1, -0.05) is 34.6 Å². The van der Waals surface area contributed by atoms with E-state index in [0.717, 1.165) is 94.3 Å². The molecule has 11 atom stereocenters. The summed E-state index contributed by atoms with van der Waals surface area (Å²) in [5, 5.41) is 19.4. The predicted molar refractivity (Wildman–Crippen MR) is 177 cm³/mol. The van der Waals surface area contributed by atoms with Gasteiger partial charge < -0.3 is 19.7 Å². The largest absolute Gasteiger partial charge is 0.459 e. The Balaban J connectivity index is 0.000000178. The second kappa shape index (κ2) is 13.8. The Hall–Kier alpha value is -1.14. The first-order chi connectivity index (χ1) is 21.1. The Morgan fingerprint density at radius 2 is 1.00 bits per heavy atom. The number of esters is 2. The molecule has 6 nitrogen and oxygen atoms in total. The molecule has 6 aliphatic carbocycles. The lowest BCUT2D eigenvalue weighted by Gasteiger charge is -2.41. The first-order valence-electron chi connectivity index (χ1n) is 19.0. The summed E-state index contributed by atoms with van der Waals surface area (Å²) in [5.41, 5.74) is -0.748. The van der Waals surface area contributed by atoms with E-state index >= 15 is 0 Å². The fourth-order valence-electron chi connectivity index (χ4n) is 11.0. The van der Waals surface area contributed by atoms with E-state index in [4.69, 9.17) is 9.47 Å². The summed E-state index contributed by atoms with van der Waals surface area (Å²) in [6.07, 6.45) is 12.3. The van der Waals surface area contributed by atoms with Crippen LogP contribution in [0.2, 0.25) is 0 Å². The smallest absolute Gasteiger partial charge is 0.309 e. The molecular formula is C39H66O6. The first-order valence-corrected chi connectivity index (χ1v) is 19.0. The molecule has 6 heteroatoms. The number of fused-ring (bicyclic) bond motifs is 4. The minimum atomic E-state index is -0.395. The van der Waals surface area contributed by atoms with E-state index in [0.29, 0.717) is 35.5 Å². The zero-order valence-electron chi connectivity index (χ0n) is 29.8. The van der Waals surface area contributed by atoms with Crippen molar-refractivity contribution in [3.63, 3.8) is 0 Å². The summed E-state index contributed by atoms with van der Waals surface area (Å²) in [5.74, 6) is 6.52. The van der Waals surface area contributed by atoms with Crippen molar-refractivity contribution < 1.29 is 29.3 Å². The molecule has 4 bridgehead atoms. The van der Waals surface area contributed by atoms with Gasteiger partial charge in [0.1, 0.15) is 11.2 Å². The summed E-state index contributed by atoms with van der Waals surface area (Å²) in [7, 11) is 0. The van der Waals surface area contributed by atoms with Gasteiger partial charge in [0, 0.05) is 0 Å². The van der Waals surface area contributed by atoms with Crippen LogP contribution in [0.3, 0.4) is 0 Å². The third-order valence-electron chi connectivity index (χ3n) is 15.0. The van der Waals surface area contributed by atoms with E-state index in [1.165, 1.54) is 12.8 Å². The summed E-state index contributed by atoms with van der Waals surface area (Å²) < 4.78 is 12.2. The first kappa shape index (κ1) is 35.2. The molecule has 0 heterocycles. The number of rotatable bonds is 7. The van der Waals surface area contributed by atoms with Crippen molar-refractivity contribution in [3.8, 4) is 0 Å². The lowest BCUT2D eigenvalue weighted by Crippen LogP contribution is -2.44. The Kier molecular flexibility index (Phi) is 10.8. The van der Waals surface area contributed by atoms with Crippen LogP contribution in [0.4, 0.5) is 0 Å². The van der Waals surface area contributed by atoms with Crippen LogP contribution in [-0.2, 0) is 19.1 Å². The Morgan fingerprint density at radius 3 is 1.38 bits per heavy atom. The molecule has 0 radical (unpaired) electrons. The molecule has 0 aromatic rings. The molecule has 45 heavy (non-hydrogen) atoms. The van der Waals surface area contributed by atoms with Gasteiger partial charge in [0.25, 0.3) is 0 Å². The average molecular weight is 631 g/mol. The number of carbonyl (C=O) groups excluding carboxylic acids is 2. The quantitative estimate of drug-likeness (QED) is 0.277. The van der Waals surface area contributed by atoms with Crippen LogP contribution in [0.15, 0.2) is 0 Å². The third-order valence-corrected chi connectivity index (χ3v) is 15.0. The molecular weight excluding hydrogens is 564 g/mol. The van der Waals surface area contributed by atoms with Crippen LogP contribution < -0.4 is 0 Å². The van der Waals surface area contributed by atoms with Crippen molar-refractivity contribution in [1.29, 1.82) is 0 Å². The molecule has 0 aromatic heterocycles. The van der Waals surface area contributed by atoms with Crippen LogP contribution in [0.5, 0.6) is 0 Å².